The van der Waals surface area contributed by atoms with E-state index in [9.17, 15) is 9.59 Å². The minimum atomic E-state index is -0.520. The van der Waals surface area contributed by atoms with Crippen LogP contribution in [0.5, 0.6) is 5.75 Å². The van der Waals surface area contributed by atoms with Crippen molar-refractivity contribution in [3.63, 3.8) is 0 Å². The van der Waals surface area contributed by atoms with Gasteiger partial charge in [-0.1, -0.05) is 50.2 Å². The Balaban J connectivity index is 2.15. The average molecular weight is 425 g/mol. The standard InChI is InChI=1S/C26H36N2O3/c1-6-21(5)27-26(30)24(7-2)28(14-13-22-11-9-8-10-12-22)25(29)18-31-23-16-19(3)15-20(4)17-23/h8-12,15-17,21,24H,6-7,13-14,18H2,1-5H3,(H,27,30)/t21-,24+/m0/s1. The number of rotatable bonds is 11. The number of nitrogens with zero attached hydrogens (tertiary/aromatic N) is 1. The molecule has 0 bridgehead atoms. The van der Waals surface area contributed by atoms with Crippen LogP contribution in [0.2, 0.25) is 0 Å². The number of aryl methyl sites for hydroxylation is 2. The second-order valence-electron chi connectivity index (χ2n) is 8.18. The van der Waals surface area contributed by atoms with Crippen molar-refractivity contribution in [3.05, 3.63) is 65.2 Å². The predicted octanol–water partition coefficient (Wildman–Crippen LogP) is 4.45. The molecule has 0 spiro atoms. The van der Waals surface area contributed by atoms with Crippen LogP contribution in [-0.4, -0.2) is 41.9 Å². The van der Waals surface area contributed by atoms with Crippen LogP contribution < -0.4 is 10.1 Å². The summed E-state index contributed by atoms with van der Waals surface area (Å²) in [6.45, 7) is 10.3. The molecule has 0 aliphatic rings. The molecule has 2 aromatic carbocycles. The van der Waals surface area contributed by atoms with Crippen LogP contribution in [0.3, 0.4) is 0 Å². The van der Waals surface area contributed by atoms with Gasteiger partial charge >= 0.3 is 0 Å². The number of carbonyl (C=O) groups is 2. The molecule has 2 amide bonds. The van der Waals surface area contributed by atoms with Crippen LogP contribution in [0.15, 0.2) is 48.5 Å². The Labute approximate surface area is 186 Å². The third-order valence-electron chi connectivity index (χ3n) is 5.43. The van der Waals surface area contributed by atoms with Crippen LogP contribution in [0, 0.1) is 13.8 Å². The summed E-state index contributed by atoms with van der Waals surface area (Å²) in [5.41, 5.74) is 3.30. The van der Waals surface area contributed by atoms with E-state index in [1.165, 1.54) is 0 Å². The summed E-state index contributed by atoms with van der Waals surface area (Å²) in [6.07, 6.45) is 2.07. The van der Waals surface area contributed by atoms with E-state index in [4.69, 9.17) is 4.74 Å². The van der Waals surface area contributed by atoms with Crippen molar-refractivity contribution in [2.75, 3.05) is 13.2 Å². The van der Waals surface area contributed by atoms with Gasteiger partial charge in [-0.3, -0.25) is 9.59 Å². The molecule has 0 fully saturated rings. The molecule has 0 saturated heterocycles. The van der Waals surface area contributed by atoms with E-state index in [-0.39, 0.29) is 24.5 Å². The fourth-order valence-electron chi connectivity index (χ4n) is 3.58. The van der Waals surface area contributed by atoms with E-state index in [2.05, 4.69) is 11.4 Å². The number of ether oxygens (including phenoxy) is 1. The Hall–Kier alpha value is -2.82. The molecule has 2 aromatic rings. The van der Waals surface area contributed by atoms with Gasteiger partial charge in [0.1, 0.15) is 11.8 Å². The van der Waals surface area contributed by atoms with Gasteiger partial charge in [-0.05, 0) is 68.9 Å². The lowest BCUT2D eigenvalue weighted by atomic mass is 10.1. The quantitative estimate of drug-likeness (QED) is 0.580. The Kier molecular flexibility index (Phi) is 9.57. The topological polar surface area (TPSA) is 58.6 Å². The smallest absolute Gasteiger partial charge is 0.261 e. The molecule has 0 radical (unpaired) electrons. The van der Waals surface area contributed by atoms with E-state index in [0.29, 0.717) is 25.1 Å². The first kappa shape index (κ1) is 24.4. The first-order chi connectivity index (χ1) is 14.8. The summed E-state index contributed by atoms with van der Waals surface area (Å²) in [5.74, 6) is 0.386. The highest BCUT2D eigenvalue weighted by atomic mass is 16.5. The van der Waals surface area contributed by atoms with Gasteiger partial charge in [-0.15, -0.1) is 0 Å². The van der Waals surface area contributed by atoms with E-state index in [1.807, 2.05) is 77.1 Å². The maximum atomic E-state index is 13.2. The summed E-state index contributed by atoms with van der Waals surface area (Å²) in [6, 6.07) is 15.5. The minimum Gasteiger partial charge on any atom is -0.484 e. The predicted molar refractivity (Wildman–Crippen MR) is 125 cm³/mol. The molecule has 0 aromatic heterocycles. The van der Waals surface area contributed by atoms with Crippen LogP contribution in [0.1, 0.15) is 50.3 Å². The van der Waals surface area contributed by atoms with Crippen LogP contribution in [0.4, 0.5) is 0 Å². The first-order valence-electron chi connectivity index (χ1n) is 11.2. The molecular formula is C26H36N2O3. The molecule has 0 heterocycles. The van der Waals surface area contributed by atoms with Crippen molar-refractivity contribution >= 4 is 11.8 Å². The number of carbonyl (C=O) groups excluding carboxylic acids is 2. The highest BCUT2D eigenvalue weighted by Gasteiger charge is 2.29. The van der Waals surface area contributed by atoms with E-state index < -0.39 is 6.04 Å². The summed E-state index contributed by atoms with van der Waals surface area (Å²) >= 11 is 0. The fourth-order valence-corrected chi connectivity index (χ4v) is 3.58. The zero-order valence-corrected chi connectivity index (χ0v) is 19.5. The molecule has 0 aliphatic carbocycles. The molecule has 0 saturated carbocycles. The molecular weight excluding hydrogens is 388 g/mol. The number of nitrogens with one attached hydrogen (secondary N) is 1. The molecule has 2 atom stereocenters. The summed E-state index contributed by atoms with van der Waals surface area (Å²) in [4.78, 5) is 27.8. The SMILES string of the molecule is CC[C@H](C(=O)N[C@@H](C)CC)N(CCc1ccccc1)C(=O)COc1cc(C)cc(C)c1. The van der Waals surface area contributed by atoms with E-state index >= 15 is 0 Å². The fraction of sp³-hybridized carbons (Fsp3) is 0.462. The molecule has 0 aliphatic heterocycles. The number of hydrogen-bond acceptors (Lipinski definition) is 3. The Morgan fingerprint density at radius 2 is 1.65 bits per heavy atom. The zero-order valence-electron chi connectivity index (χ0n) is 19.5. The van der Waals surface area contributed by atoms with Gasteiger partial charge in [-0.2, -0.15) is 0 Å². The Morgan fingerprint density at radius 3 is 2.23 bits per heavy atom. The lowest BCUT2D eigenvalue weighted by Gasteiger charge is -2.31. The van der Waals surface area contributed by atoms with Gasteiger partial charge < -0.3 is 15.0 Å². The maximum absolute atomic E-state index is 13.2. The van der Waals surface area contributed by atoms with Gasteiger partial charge in [0.25, 0.3) is 5.91 Å². The highest BCUT2D eigenvalue weighted by molar-refractivity contribution is 5.88. The second-order valence-corrected chi connectivity index (χ2v) is 8.18. The van der Waals surface area contributed by atoms with Crippen molar-refractivity contribution in [1.82, 2.24) is 10.2 Å². The Bertz CT molecular complexity index is 831. The summed E-state index contributed by atoms with van der Waals surface area (Å²) < 4.78 is 5.82. The Morgan fingerprint density at radius 1 is 1.00 bits per heavy atom. The van der Waals surface area contributed by atoms with Gasteiger partial charge in [0, 0.05) is 12.6 Å². The van der Waals surface area contributed by atoms with Gasteiger partial charge in [-0.25, -0.2) is 0 Å². The van der Waals surface area contributed by atoms with Crippen molar-refractivity contribution < 1.29 is 14.3 Å². The third-order valence-corrected chi connectivity index (χ3v) is 5.43. The molecule has 31 heavy (non-hydrogen) atoms. The monoisotopic (exact) mass is 424 g/mol. The van der Waals surface area contributed by atoms with E-state index in [0.717, 1.165) is 23.1 Å². The zero-order chi connectivity index (χ0) is 22.8. The second kappa shape index (κ2) is 12.1. The maximum Gasteiger partial charge on any atom is 0.261 e. The summed E-state index contributed by atoms with van der Waals surface area (Å²) in [7, 11) is 0. The number of amides is 2. The van der Waals surface area contributed by atoms with Crippen LogP contribution in [-0.2, 0) is 16.0 Å². The minimum absolute atomic E-state index is 0.0687. The van der Waals surface area contributed by atoms with Crippen molar-refractivity contribution in [3.8, 4) is 5.75 Å². The van der Waals surface area contributed by atoms with E-state index in [1.54, 1.807) is 4.90 Å². The summed E-state index contributed by atoms with van der Waals surface area (Å²) in [5, 5.41) is 3.03. The normalized spacial score (nSPS) is 12.7. The highest BCUT2D eigenvalue weighted by Crippen LogP contribution is 2.17. The van der Waals surface area contributed by atoms with Crippen molar-refractivity contribution in [2.24, 2.45) is 0 Å². The third kappa shape index (κ3) is 7.74. The van der Waals surface area contributed by atoms with Crippen LogP contribution in [0.25, 0.3) is 0 Å². The molecule has 1 N–H and O–H groups in total. The molecule has 2 rings (SSSR count). The van der Waals surface area contributed by atoms with Crippen LogP contribution >= 0.6 is 0 Å². The molecule has 0 unspecified atom stereocenters. The van der Waals surface area contributed by atoms with Gasteiger partial charge in [0.05, 0.1) is 0 Å². The van der Waals surface area contributed by atoms with Gasteiger partial charge in [0.2, 0.25) is 5.91 Å². The number of benzene rings is 2. The van der Waals surface area contributed by atoms with Gasteiger partial charge in [0.15, 0.2) is 6.61 Å². The molecule has 168 valence electrons. The van der Waals surface area contributed by atoms with Crippen molar-refractivity contribution in [1.29, 1.82) is 0 Å². The molecule has 5 nitrogen and oxygen atoms in total. The lowest BCUT2D eigenvalue weighted by molar-refractivity contribution is -0.142. The number of hydrogen-bond donors (Lipinski definition) is 1. The first-order valence-corrected chi connectivity index (χ1v) is 11.2. The average Bonchev–Trinajstić information content (AvgIpc) is 2.74. The lowest BCUT2D eigenvalue weighted by Crippen LogP contribution is -2.52. The van der Waals surface area contributed by atoms with Crippen molar-refractivity contribution in [2.45, 2.75) is 66.0 Å². The largest absolute Gasteiger partial charge is 0.484 e. The molecule has 5 heteroatoms.